The summed E-state index contributed by atoms with van der Waals surface area (Å²) in [5.74, 6) is 0. The van der Waals surface area contributed by atoms with E-state index in [2.05, 4.69) is 47.7 Å². The summed E-state index contributed by atoms with van der Waals surface area (Å²) in [6.45, 7) is 6.41. The van der Waals surface area contributed by atoms with Crippen LogP contribution in [0.5, 0.6) is 0 Å². The molecule has 1 aromatic carbocycles. The van der Waals surface area contributed by atoms with E-state index in [1.165, 1.54) is 21.7 Å². The fraction of sp³-hybridized carbons (Fsp3) is 0.400. The maximum absolute atomic E-state index is 4.55. The number of hydrogen-bond acceptors (Lipinski definition) is 3. The highest BCUT2D eigenvalue weighted by Gasteiger charge is 2.14. The Hall–Kier alpha value is -1.19. The Bertz CT molecular complexity index is 531. The van der Waals surface area contributed by atoms with E-state index in [1.54, 1.807) is 11.3 Å². The van der Waals surface area contributed by atoms with Crippen molar-refractivity contribution in [2.75, 3.05) is 7.05 Å². The zero-order chi connectivity index (χ0) is 13.1. The number of nitrogens with one attached hydrogen (secondary N) is 1. The van der Waals surface area contributed by atoms with Gasteiger partial charge in [0.2, 0.25) is 0 Å². The fourth-order valence-electron chi connectivity index (χ4n) is 2.19. The van der Waals surface area contributed by atoms with Gasteiger partial charge in [0.15, 0.2) is 0 Å². The van der Waals surface area contributed by atoms with Crippen molar-refractivity contribution < 1.29 is 0 Å². The van der Waals surface area contributed by atoms with Gasteiger partial charge in [-0.05, 0) is 44.5 Å². The van der Waals surface area contributed by atoms with Crippen molar-refractivity contribution in [1.82, 2.24) is 10.3 Å². The number of aromatic nitrogens is 1. The molecule has 96 valence electrons. The molecule has 0 fully saturated rings. The average Bonchev–Trinajstić information content (AvgIpc) is 2.76. The number of nitrogens with zero attached hydrogens (tertiary/aromatic N) is 1. The first-order valence-electron chi connectivity index (χ1n) is 6.26. The first-order chi connectivity index (χ1) is 8.61. The third-order valence-electron chi connectivity index (χ3n) is 3.42. The molecule has 0 spiro atoms. The van der Waals surface area contributed by atoms with Gasteiger partial charge in [-0.1, -0.05) is 18.2 Å². The lowest BCUT2D eigenvalue weighted by Crippen LogP contribution is -2.20. The van der Waals surface area contributed by atoms with Crippen LogP contribution in [0.1, 0.15) is 33.4 Å². The monoisotopic (exact) mass is 260 g/mol. The zero-order valence-electron chi connectivity index (χ0n) is 11.4. The molecule has 0 aliphatic rings. The Balaban J connectivity index is 2.25. The van der Waals surface area contributed by atoms with E-state index in [0.717, 1.165) is 12.1 Å². The highest BCUT2D eigenvalue weighted by molar-refractivity contribution is 7.09. The molecule has 0 saturated carbocycles. The smallest absolute Gasteiger partial charge is 0.0947 e. The van der Waals surface area contributed by atoms with Gasteiger partial charge in [0.1, 0.15) is 0 Å². The molecule has 2 aromatic rings. The summed E-state index contributed by atoms with van der Waals surface area (Å²) in [6, 6.07) is 6.86. The summed E-state index contributed by atoms with van der Waals surface area (Å²) in [5.41, 5.74) is 5.23. The second-order valence-electron chi connectivity index (χ2n) is 4.72. The third kappa shape index (κ3) is 2.79. The molecule has 1 aromatic heterocycles. The number of benzene rings is 1. The average molecular weight is 260 g/mol. The minimum Gasteiger partial charge on any atom is -0.313 e. The van der Waals surface area contributed by atoms with Gasteiger partial charge in [-0.3, -0.25) is 0 Å². The number of likely N-dealkylation sites (N-methyl/N-ethyl adjacent to an activating group) is 1. The topological polar surface area (TPSA) is 24.9 Å². The van der Waals surface area contributed by atoms with Gasteiger partial charge in [0.05, 0.1) is 5.01 Å². The highest BCUT2D eigenvalue weighted by atomic mass is 32.1. The summed E-state index contributed by atoms with van der Waals surface area (Å²) >= 11 is 1.75. The quantitative estimate of drug-likeness (QED) is 0.909. The molecule has 0 amide bonds. The van der Waals surface area contributed by atoms with Crippen LogP contribution in [0, 0.1) is 20.8 Å². The van der Waals surface area contributed by atoms with Crippen molar-refractivity contribution >= 4 is 11.3 Å². The minimum absolute atomic E-state index is 0.343. The second-order valence-corrected chi connectivity index (χ2v) is 5.66. The van der Waals surface area contributed by atoms with E-state index >= 15 is 0 Å². The highest BCUT2D eigenvalue weighted by Crippen LogP contribution is 2.24. The van der Waals surface area contributed by atoms with E-state index in [4.69, 9.17) is 0 Å². The van der Waals surface area contributed by atoms with Gasteiger partial charge < -0.3 is 5.32 Å². The molecule has 0 aliphatic carbocycles. The molecule has 1 unspecified atom stereocenters. The van der Waals surface area contributed by atoms with Crippen LogP contribution in [0.4, 0.5) is 0 Å². The van der Waals surface area contributed by atoms with E-state index in [1.807, 2.05) is 14.0 Å². The Morgan fingerprint density at radius 2 is 2.06 bits per heavy atom. The zero-order valence-corrected chi connectivity index (χ0v) is 12.3. The van der Waals surface area contributed by atoms with Gasteiger partial charge in [0.25, 0.3) is 0 Å². The predicted octanol–water partition coefficient (Wildman–Crippen LogP) is 3.57. The van der Waals surface area contributed by atoms with Crippen molar-refractivity contribution in [3.8, 4) is 0 Å². The van der Waals surface area contributed by atoms with E-state index in [-0.39, 0.29) is 0 Å². The number of hydrogen-bond donors (Lipinski definition) is 1. The van der Waals surface area contributed by atoms with Crippen LogP contribution in [-0.4, -0.2) is 12.0 Å². The summed E-state index contributed by atoms with van der Waals surface area (Å²) in [4.78, 5) is 4.55. The van der Waals surface area contributed by atoms with Crippen LogP contribution in [-0.2, 0) is 6.42 Å². The SMILES string of the molecule is CNC(Cc1nc(C)cs1)c1cccc(C)c1C. The largest absolute Gasteiger partial charge is 0.313 e. The molecule has 1 atom stereocenters. The summed E-state index contributed by atoms with van der Waals surface area (Å²) in [5, 5.41) is 6.73. The van der Waals surface area contributed by atoms with Crippen LogP contribution in [0.15, 0.2) is 23.6 Å². The van der Waals surface area contributed by atoms with Gasteiger partial charge in [0, 0.05) is 23.5 Å². The fourth-order valence-corrected chi connectivity index (χ4v) is 3.01. The van der Waals surface area contributed by atoms with Crippen LogP contribution >= 0.6 is 11.3 Å². The molecular weight excluding hydrogens is 240 g/mol. The van der Waals surface area contributed by atoms with Gasteiger partial charge >= 0.3 is 0 Å². The Kier molecular flexibility index (Phi) is 4.15. The maximum atomic E-state index is 4.55. The van der Waals surface area contributed by atoms with Gasteiger partial charge in [-0.15, -0.1) is 11.3 Å². The van der Waals surface area contributed by atoms with Gasteiger partial charge in [-0.2, -0.15) is 0 Å². The van der Waals surface area contributed by atoms with Crippen molar-refractivity contribution in [3.63, 3.8) is 0 Å². The van der Waals surface area contributed by atoms with Crippen molar-refractivity contribution in [2.24, 2.45) is 0 Å². The molecule has 3 heteroatoms. The molecule has 18 heavy (non-hydrogen) atoms. The van der Waals surface area contributed by atoms with E-state index in [9.17, 15) is 0 Å². The molecule has 1 N–H and O–H groups in total. The summed E-state index contributed by atoms with van der Waals surface area (Å²) in [6.07, 6.45) is 0.958. The van der Waals surface area contributed by atoms with Crippen molar-refractivity contribution in [1.29, 1.82) is 0 Å². The van der Waals surface area contributed by atoms with Crippen LogP contribution in [0.25, 0.3) is 0 Å². The van der Waals surface area contributed by atoms with Crippen LogP contribution in [0.2, 0.25) is 0 Å². The molecule has 0 radical (unpaired) electrons. The lowest BCUT2D eigenvalue weighted by atomic mass is 9.96. The Morgan fingerprint density at radius 3 is 2.67 bits per heavy atom. The molecule has 1 heterocycles. The Morgan fingerprint density at radius 1 is 1.28 bits per heavy atom. The van der Waals surface area contributed by atoms with Crippen molar-refractivity contribution in [2.45, 2.75) is 33.2 Å². The normalized spacial score (nSPS) is 12.7. The molecule has 0 saturated heterocycles. The minimum atomic E-state index is 0.343. The Labute approximate surface area is 113 Å². The molecule has 2 rings (SSSR count). The van der Waals surface area contributed by atoms with Gasteiger partial charge in [-0.25, -0.2) is 4.98 Å². The van der Waals surface area contributed by atoms with Crippen molar-refractivity contribution in [3.05, 3.63) is 51.0 Å². The molecule has 2 nitrogen and oxygen atoms in total. The predicted molar refractivity (Wildman–Crippen MR) is 78.3 cm³/mol. The second kappa shape index (κ2) is 5.63. The lowest BCUT2D eigenvalue weighted by molar-refractivity contribution is 0.586. The summed E-state index contributed by atoms with van der Waals surface area (Å²) in [7, 11) is 2.02. The number of aryl methyl sites for hydroxylation is 2. The van der Waals surface area contributed by atoms with E-state index in [0.29, 0.717) is 6.04 Å². The molecule has 0 aliphatic heterocycles. The third-order valence-corrected chi connectivity index (χ3v) is 4.40. The number of rotatable bonds is 4. The summed E-state index contributed by atoms with van der Waals surface area (Å²) < 4.78 is 0. The number of thiazole rings is 1. The van der Waals surface area contributed by atoms with Crippen LogP contribution in [0.3, 0.4) is 0 Å². The molecular formula is C15H20N2S. The molecule has 0 bridgehead atoms. The first-order valence-corrected chi connectivity index (χ1v) is 7.14. The van der Waals surface area contributed by atoms with E-state index < -0.39 is 0 Å². The van der Waals surface area contributed by atoms with Crippen LogP contribution < -0.4 is 5.32 Å². The lowest BCUT2D eigenvalue weighted by Gasteiger charge is -2.19. The standard InChI is InChI=1S/C15H20N2S/c1-10-6-5-7-13(12(10)3)14(16-4)8-15-17-11(2)9-18-15/h5-7,9,14,16H,8H2,1-4H3. The first kappa shape index (κ1) is 13.2. The maximum Gasteiger partial charge on any atom is 0.0947 e.